The molecule has 1 saturated heterocycles. The highest BCUT2D eigenvalue weighted by Crippen LogP contribution is 2.34. The minimum Gasteiger partial charge on any atom is -0.483 e. The molecule has 1 amide bonds. The second-order valence-electron chi connectivity index (χ2n) is 10.5. The summed E-state index contributed by atoms with van der Waals surface area (Å²) in [4.78, 5) is 25.2. The van der Waals surface area contributed by atoms with Crippen LogP contribution in [0.2, 0.25) is 0 Å². The molecule has 2 aliphatic rings. The van der Waals surface area contributed by atoms with E-state index in [0.29, 0.717) is 11.3 Å². The zero-order valence-corrected chi connectivity index (χ0v) is 19.3. The Bertz CT molecular complexity index is 1050. The molecule has 168 valence electrons. The van der Waals surface area contributed by atoms with Gasteiger partial charge in [0.15, 0.2) is 6.61 Å². The first-order chi connectivity index (χ1) is 14.5. The molecule has 0 bridgehead atoms. The molecule has 1 aromatic heterocycles. The number of piperidine rings is 1. The molecule has 6 heteroatoms. The van der Waals surface area contributed by atoms with Gasteiger partial charge in [0, 0.05) is 22.7 Å². The van der Waals surface area contributed by atoms with Crippen LogP contribution < -0.4 is 21.0 Å². The van der Waals surface area contributed by atoms with Crippen LogP contribution in [-0.2, 0) is 17.6 Å². The Morgan fingerprint density at radius 1 is 1.13 bits per heavy atom. The molecular formula is C25H34N2O4. The number of aryl methyl sites for hydroxylation is 2. The molecule has 1 aliphatic carbocycles. The molecule has 0 spiro atoms. The third-order valence-corrected chi connectivity index (χ3v) is 6.34. The molecule has 2 heterocycles. The Balaban J connectivity index is 1.54. The highest BCUT2D eigenvalue weighted by atomic mass is 16.5. The van der Waals surface area contributed by atoms with Gasteiger partial charge < -0.3 is 19.8 Å². The van der Waals surface area contributed by atoms with Crippen molar-refractivity contribution in [3.63, 3.8) is 0 Å². The van der Waals surface area contributed by atoms with Gasteiger partial charge in [0.05, 0.1) is 5.39 Å². The van der Waals surface area contributed by atoms with Gasteiger partial charge in [-0.25, -0.2) is 4.79 Å². The second-order valence-corrected chi connectivity index (χ2v) is 10.5. The standard InChI is InChI=1S/C25H34N2O4/c1-15-10-19(22-17-8-6-7-9-18(17)23(29)31-20(22)11-15)30-14-21(28)26-16-12-24(2,3)27-25(4,5)13-16/h10-11,16,27H,6-9,12-14H2,1-5H3,(H,26,28). The highest BCUT2D eigenvalue weighted by molar-refractivity contribution is 5.89. The van der Waals surface area contributed by atoms with Gasteiger partial charge in [-0.15, -0.1) is 0 Å². The third kappa shape index (κ3) is 4.79. The topological polar surface area (TPSA) is 80.6 Å². The van der Waals surface area contributed by atoms with E-state index in [9.17, 15) is 9.59 Å². The average Bonchev–Trinajstić information content (AvgIpc) is 2.63. The number of amides is 1. The maximum absolute atomic E-state index is 12.7. The van der Waals surface area contributed by atoms with Crippen LogP contribution in [0.3, 0.4) is 0 Å². The van der Waals surface area contributed by atoms with E-state index in [4.69, 9.17) is 9.15 Å². The maximum Gasteiger partial charge on any atom is 0.339 e. The number of carbonyl (C=O) groups is 1. The summed E-state index contributed by atoms with van der Waals surface area (Å²) < 4.78 is 11.6. The predicted molar refractivity (Wildman–Crippen MR) is 122 cm³/mol. The molecule has 2 aromatic rings. The summed E-state index contributed by atoms with van der Waals surface area (Å²) in [5.41, 5.74) is 2.94. The van der Waals surface area contributed by atoms with E-state index in [1.54, 1.807) is 0 Å². The van der Waals surface area contributed by atoms with E-state index in [1.807, 2.05) is 19.1 Å². The molecule has 0 saturated carbocycles. The SMILES string of the molecule is Cc1cc(OCC(=O)NC2CC(C)(C)NC(C)(C)C2)c2c3c(c(=O)oc2c1)CCCC3. The Labute approximate surface area is 183 Å². The van der Waals surface area contributed by atoms with Crippen LogP contribution in [0.1, 0.15) is 70.1 Å². The van der Waals surface area contributed by atoms with Crippen LogP contribution in [0.15, 0.2) is 21.3 Å². The van der Waals surface area contributed by atoms with Crippen molar-refractivity contribution in [3.8, 4) is 5.75 Å². The van der Waals surface area contributed by atoms with Crippen molar-refractivity contribution in [3.05, 3.63) is 39.2 Å². The number of hydrogen-bond donors (Lipinski definition) is 2. The van der Waals surface area contributed by atoms with Crippen LogP contribution in [0.4, 0.5) is 0 Å². The number of rotatable bonds is 4. The average molecular weight is 427 g/mol. The number of hydrogen-bond acceptors (Lipinski definition) is 5. The first-order valence-electron chi connectivity index (χ1n) is 11.3. The largest absolute Gasteiger partial charge is 0.483 e. The molecule has 0 atom stereocenters. The van der Waals surface area contributed by atoms with E-state index in [-0.39, 0.29) is 35.3 Å². The van der Waals surface area contributed by atoms with Crippen LogP contribution in [0, 0.1) is 6.92 Å². The van der Waals surface area contributed by atoms with Gasteiger partial charge in [-0.05, 0) is 96.4 Å². The Morgan fingerprint density at radius 3 is 2.45 bits per heavy atom. The van der Waals surface area contributed by atoms with E-state index in [0.717, 1.165) is 60.6 Å². The van der Waals surface area contributed by atoms with Crippen molar-refractivity contribution in [1.29, 1.82) is 0 Å². The van der Waals surface area contributed by atoms with Crippen LogP contribution in [-0.4, -0.2) is 29.6 Å². The third-order valence-electron chi connectivity index (χ3n) is 6.34. The summed E-state index contributed by atoms with van der Waals surface area (Å²) in [5.74, 6) is 0.498. The summed E-state index contributed by atoms with van der Waals surface area (Å²) >= 11 is 0. The van der Waals surface area contributed by atoms with Crippen molar-refractivity contribution in [1.82, 2.24) is 10.6 Å². The maximum atomic E-state index is 12.7. The normalized spacial score (nSPS) is 20.3. The van der Waals surface area contributed by atoms with Crippen molar-refractivity contribution in [2.45, 2.75) is 90.3 Å². The van der Waals surface area contributed by atoms with Gasteiger partial charge in [-0.1, -0.05) is 0 Å². The van der Waals surface area contributed by atoms with Crippen molar-refractivity contribution in [2.24, 2.45) is 0 Å². The van der Waals surface area contributed by atoms with Gasteiger partial charge >= 0.3 is 5.63 Å². The lowest BCUT2D eigenvalue weighted by molar-refractivity contribution is -0.124. The molecule has 6 nitrogen and oxygen atoms in total. The lowest BCUT2D eigenvalue weighted by Crippen LogP contribution is -2.62. The summed E-state index contributed by atoms with van der Waals surface area (Å²) in [7, 11) is 0. The van der Waals surface area contributed by atoms with Gasteiger partial charge in [-0.3, -0.25) is 4.79 Å². The number of benzene rings is 1. The monoisotopic (exact) mass is 426 g/mol. The summed E-state index contributed by atoms with van der Waals surface area (Å²) in [6.45, 7) is 10.5. The molecule has 0 radical (unpaired) electrons. The Hall–Kier alpha value is -2.34. The molecule has 31 heavy (non-hydrogen) atoms. The van der Waals surface area contributed by atoms with Crippen molar-refractivity contribution in [2.75, 3.05) is 6.61 Å². The quantitative estimate of drug-likeness (QED) is 0.727. The van der Waals surface area contributed by atoms with Gasteiger partial charge in [0.2, 0.25) is 0 Å². The van der Waals surface area contributed by atoms with Crippen LogP contribution in [0.5, 0.6) is 5.75 Å². The molecule has 1 aliphatic heterocycles. The van der Waals surface area contributed by atoms with E-state index >= 15 is 0 Å². The fourth-order valence-corrected chi connectivity index (χ4v) is 5.62. The second kappa shape index (κ2) is 7.97. The first-order valence-corrected chi connectivity index (χ1v) is 11.3. The van der Waals surface area contributed by atoms with E-state index in [2.05, 4.69) is 38.3 Å². The van der Waals surface area contributed by atoms with Crippen LogP contribution >= 0.6 is 0 Å². The zero-order valence-electron chi connectivity index (χ0n) is 19.3. The predicted octanol–water partition coefficient (Wildman–Crippen LogP) is 3.78. The molecule has 2 N–H and O–H groups in total. The van der Waals surface area contributed by atoms with Crippen molar-refractivity contribution < 1.29 is 13.9 Å². The number of ether oxygens (including phenoxy) is 1. The number of carbonyl (C=O) groups excluding carboxylic acids is 1. The van der Waals surface area contributed by atoms with Crippen molar-refractivity contribution >= 4 is 16.9 Å². The lowest BCUT2D eigenvalue weighted by Gasteiger charge is -2.46. The fourth-order valence-electron chi connectivity index (χ4n) is 5.62. The zero-order chi connectivity index (χ0) is 22.4. The lowest BCUT2D eigenvalue weighted by atomic mass is 9.79. The Morgan fingerprint density at radius 2 is 1.77 bits per heavy atom. The summed E-state index contributed by atoms with van der Waals surface area (Å²) in [6, 6.07) is 3.90. The molecule has 4 rings (SSSR count). The number of nitrogens with one attached hydrogen (secondary N) is 2. The number of fused-ring (bicyclic) bond motifs is 3. The molecule has 0 unspecified atom stereocenters. The highest BCUT2D eigenvalue weighted by Gasteiger charge is 2.38. The molecule has 1 fully saturated rings. The first kappa shape index (κ1) is 21.9. The smallest absolute Gasteiger partial charge is 0.339 e. The Kier molecular flexibility index (Phi) is 5.63. The van der Waals surface area contributed by atoms with E-state index in [1.165, 1.54) is 0 Å². The van der Waals surface area contributed by atoms with E-state index < -0.39 is 0 Å². The minimum absolute atomic E-state index is 0.0378. The minimum atomic E-state index is -0.243. The molecular weight excluding hydrogens is 392 g/mol. The summed E-state index contributed by atoms with van der Waals surface area (Å²) in [5, 5.41) is 7.64. The van der Waals surface area contributed by atoms with Gasteiger partial charge in [0.25, 0.3) is 5.91 Å². The van der Waals surface area contributed by atoms with Gasteiger partial charge in [-0.2, -0.15) is 0 Å². The van der Waals surface area contributed by atoms with Gasteiger partial charge in [0.1, 0.15) is 11.3 Å². The van der Waals surface area contributed by atoms with Crippen LogP contribution in [0.25, 0.3) is 11.0 Å². The summed E-state index contributed by atoms with van der Waals surface area (Å²) in [6.07, 6.45) is 5.35. The molecule has 1 aromatic carbocycles. The fraction of sp³-hybridized carbons (Fsp3) is 0.600.